The number of rotatable bonds is 24. The molecule has 0 amide bonds. The van der Waals surface area contributed by atoms with E-state index in [-0.39, 0.29) is 19.2 Å². The Kier molecular flexibility index (Phi) is 20.9. The molecule has 0 saturated heterocycles. The molecule has 1 unspecified atom stereocenters. The van der Waals surface area contributed by atoms with E-state index in [0.717, 1.165) is 32.1 Å². The van der Waals surface area contributed by atoms with E-state index in [9.17, 15) is 19.4 Å². The zero-order valence-electron chi connectivity index (χ0n) is 22.8. The molecule has 208 valence electrons. The maximum atomic E-state index is 11.8. The van der Waals surface area contributed by atoms with Crippen LogP contribution in [-0.2, 0) is 23.1 Å². The standard InChI is InChI=1S/C26H52NO7P/c1-5-6-7-8-9-10-11-12-13-14-15-16-17-18-19-20-26(29)32-23-25(28)24-34-35(30,31)33-22-21-27(2,3)4/h12-13,25,28H,5-11,14-24H2,1-4H3/p+1/b13-12-/t25-/m1/s1/i1+1. The zero-order valence-corrected chi connectivity index (χ0v) is 23.7. The molecule has 0 fully saturated rings. The summed E-state index contributed by atoms with van der Waals surface area (Å²) in [6.07, 6.45) is 19.2. The number of carbonyl (C=O) groups excluding carboxylic acids is 1. The minimum atomic E-state index is -4.24. The highest BCUT2D eigenvalue weighted by Crippen LogP contribution is 2.43. The van der Waals surface area contributed by atoms with E-state index < -0.39 is 20.5 Å². The Bertz CT molecular complexity index is 593. The number of phosphoric acid groups is 1. The number of esters is 1. The predicted octanol–water partition coefficient (Wildman–Crippen LogP) is 5.77. The Morgan fingerprint density at radius 1 is 0.857 bits per heavy atom. The molecule has 0 aromatic carbocycles. The van der Waals surface area contributed by atoms with Crippen LogP contribution in [0.25, 0.3) is 0 Å². The Morgan fingerprint density at radius 3 is 1.97 bits per heavy atom. The molecule has 0 aliphatic carbocycles. The molecule has 0 heterocycles. The summed E-state index contributed by atoms with van der Waals surface area (Å²) in [7, 11) is 1.56. The average Bonchev–Trinajstić information content (AvgIpc) is 2.78. The van der Waals surface area contributed by atoms with Gasteiger partial charge in [-0.3, -0.25) is 13.8 Å². The van der Waals surface area contributed by atoms with Crippen LogP contribution < -0.4 is 0 Å². The van der Waals surface area contributed by atoms with Crippen molar-refractivity contribution in [3.8, 4) is 0 Å². The number of aliphatic hydroxyl groups excluding tert-OH is 1. The highest BCUT2D eigenvalue weighted by molar-refractivity contribution is 7.47. The quantitative estimate of drug-likeness (QED) is 0.0414. The lowest BCUT2D eigenvalue weighted by atomic mass is 10.1. The number of carbonyl (C=O) groups is 1. The van der Waals surface area contributed by atoms with Crippen molar-refractivity contribution in [3.05, 3.63) is 12.2 Å². The molecule has 0 radical (unpaired) electrons. The van der Waals surface area contributed by atoms with Crippen LogP contribution in [0.5, 0.6) is 0 Å². The van der Waals surface area contributed by atoms with Gasteiger partial charge in [-0.1, -0.05) is 70.4 Å². The number of unbranched alkanes of at least 4 members (excludes halogenated alkanes) is 11. The molecule has 0 aliphatic rings. The van der Waals surface area contributed by atoms with Crippen LogP contribution >= 0.6 is 7.82 Å². The Hall–Kier alpha value is -0.760. The summed E-state index contributed by atoms with van der Waals surface area (Å²) >= 11 is 0. The first-order chi connectivity index (χ1) is 16.6. The summed E-state index contributed by atoms with van der Waals surface area (Å²) in [6, 6.07) is 0. The molecule has 2 atom stereocenters. The maximum Gasteiger partial charge on any atom is 0.472 e. The number of likely N-dealkylation sites (N-methyl/N-ethyl adjacent to an activating group) is 1. The van der Waals surface area contributed by atoms with Crippen LogP contribution in [-0.4, -0.2) is 74.1 Å². The lowest BCUT2D eigenvalue weighted by molar-refractivity contribution is -0.870. The first kappa shape index (κ1) is 34.2. The van der Waals surface area contributed by atoms with Gasteiger partial charge in [-0.15, -0.1) is 0 Å². The van der Waals surface area contributed by atoms with Crippen LogP contribution in [0.2, 0.25) is 0 Å². The molecule has 0 aromatic rings. The first-order valence-corrected chi connectivity index (χ1v) is 15.0. The third-order valence-corrected chi connectivity index (χ3v) is 6.51. The van der Waals surface area contributed by atoms with Crippen molar-refractivity contribution in [3.63, 3.8) is 0 Å². The lowest BCUT2D eigenvalue weighted by Gasteiger charge is -2.24. The lowest BCUT2D eigenvalue weighted by Crippen LogP contribution is -2.37. The number of nitrogens with zero attached hydrogens (tertiary/aromatic N) is 1. The monoisotopic (exact) mass is 523 g/mol. The van der Waals surface area contributed by atoms with Gasteiger partial charge in [0, 0.05) is 6.42 Å². The SMILES string of the molecule is C[N+](C)(C)CCOP(=O)(O)OC[C@H](O)COC(=O)CCCCCCC/C=C\CCCCCCC[13CH3]. The Labute approximate surface area is 214 Å². The van der Waals surface area contributed by atoms with E-state index in [1.165, 1.54) is 51.4 Å². The number of phosphoric ester groups is 1. The number of ether oxygens (including phenoxy) is 1. The molecular formula is C26H53NO7P+. The van der Waals surface area contributed by atoms with Gasteiger partial charge in [0.15, 0.2) is 0 Å². The van der Waals surface area contributed by atoms with Crippen molar-refractivity contribution in [1.29, 1.82) is 0 Å². The van der Waals surface area contributed by atoms with Gasteiger partial charge in [0.25, 0.3) is 0 Å². The van der Waals surface area contributed by atoms with Gasteiger partial charge < -0.3 is 19.2 Å². The number of hydrogen-bond acceptors (Lipinski definition) is 6. The van der Waals surface area contributed by atoms with Crippen LogP contribution in [0.1, 0.15) is 96.8 Å². The molecular weight excluding hydrogens is 470 g/mol. The fourth-order valence-corrected chi connectivity index (χ4v) is 4.04. The van der Waals surface area contributed by atoms with Gasteiger partial charge in [0.2, 0.25) is 0 Å². The van der Waals surface area contributed by atoms with Gasteiger partial charge in [-0.25, -0.2) is 4.57 Å². The van der Waals surface area contributed by atoms with Gasteiger partial charge in [0.1, 0.15) is 25.9 Å². The van der Waals surface area contributed by atoms with Crippen molar-refractivity contribution >= 4 is 13.8 Å². The second-order valence-electron chi connectivity index (χ2n) is 10.3. The van der Waals surface area contributed by atoms with Crippen LogP contribution in [0.4, 0.5) is 0 Å². The van der Waals surface area contributed by atoms with E-state index in [2.05, 4.69) is 19.1 Å². The summed E-state index contributed by atoms with van der Waals surface area (Å²) < 4.78 is 27.0. The van der Waals surface area contributed by atoms with Gasteiger partial charge >= 0.3 is 13.8 Å². The van der Waals surface area contributed by atoms with Crippen molar-refractivity contribution in [2.24, 2.45) is 0 Å². The van der Waals surface area contributed by atoms with Crippen LogP contribution in [0.15, 0.2) is 12.2 Å². The van der Waals surface area contributed by atoms with Gasteiger partial charge in [0.05, 0.1) is 27.7 Å². The van der Waals surface area contributed by atoms with E-state index in [1.807, 2.05) is 21.1 Å². The molecule has 0 aliphatic heterocycles. The average molecular weight is 524 g/mol. The molecule has 2 N–H and O–H groups in total. The van der Waals surface area contributed by atoms with E-state index in [0.29, 0.717) is 17.4 Å². The highest BCUT2D eigenvalue weighted by Gasteiger charge is 2.24. The fraction of sp³-hybridized carbons (Fsp3) is 0.885. The largest absolute Gasteiger partial charge is 0.472 e. The summed E-state index contributed by atoms with van der Waals surface area (Å²) in [6.45, 7) is 2.11. The number of aliphatic hydroxyl groups is 1. The van der Waals surface area contributed by atoms with E-state index in [4.69, 9.17) is 13.8 Å². The van der Waals surface area contributed by atoms with Gasteiger partial charge in [-0.05, 0) is 32.1 Å². The molecule has 0 saturated carbocycles. The Balaban J connectivity index is 3.59. The second kappa shape index (κ2) is 21.3. The summed E-state index contributed by atoms with van der Waals surface area (Å²) in [4.78, 5) is 21.4. The van der Waals surface area contributed by atoms with Crippen molar-refractivity contribution in [2.45, 2.75) is 103 Å². The molecule has 0 aromatic heterocycles. The van der Waals surface area contributed by atoms with E-state index >= 15 is 0 Å². The predicted molar refractivity (Wildman–Crippen MR) is 141 cm³/mol. The summed E-state index contributed by atoms with van der Waals surface area (Å²) in [5.74, 6) is -0.381. The molecule has 0 spiro atoms. The first-order valence-electron chi connectivity index (χ1n) is 13.5. The number of allylic oxidation sites excluding steroid dienone is 2. The summed E-state index contributed by atoms with van der Waals surface area (Å²) in [5, 5.41) is 9.82. The minimum Gasteiger partial charge on any atom is -0.463 e. The minimum absolute atomic E-state index is 0.0539. The van der Waals surface area contributed by atoms with Gasteiger partial charge in [-0.2, -0.15) is 0 Å². The van der Waals surface area contributed by atoms with Crippen LogP contribution in [0.3, 0.4) is 0 Å². The smallest absolute Gasteiger partial charge is 0.463 e. The second-order valence-corrected chi connectivity index (χ2v) is 11.7. The van der Waals surface area contributed by atoms with Crippen LogP contribution in [0, 0.1) is 0 Å². The molecule has 9 heteroatoms. The van der Waals surface area contributed by atoms with Crippen molar-refractivity contribution < 1.29 is 37.6 Å². The van der Waals surface area contributed by atoms with E-state index in [1.54, 1.807) is 0 Å². The third kappa shape index (κ3) is 26.1. The zero-order chi connectivity index (χ0) is 26.4. The highest BCUT2D eigenvalue weighted by atomic mass is 31.2. The topological polar surface area (TPSA) is 102 Å². The Morgan fingerprint density at radius 2 is 1.40 bits per heavy atom. The third-order valence-electron chi connectivity index (χ3n) is 5.53. The normalized spacial score (nSPS) is 14.8. The number of quaternary nitrogens is 1. The van der Waals surface area contributed by atoms with Crippen molar-refractivity contribution in [2.75, 3.05) is 47.5 Å². The van der Waals surface area contributed by atoms with Crippen molar-refractivity contribution in [1.82, 2.24) is 0 Å². The number of hydrogen-bond donors (Lipinski definition) is 2. The molecule has 0 rings (SSSR count). The molecule has 0 bridgehead atoms. The molecule has 8 nitrogen and oxygen atoms in total. The maximum absolute atomic E-state index is 11.8. The summed E-state index contributed by atoms with van der Waals surface area (Å²) in [5.41, 5.74) is 0. The molecule has 35 heavy (non-hydrogen) atoms. The fourth-order valence-electron chi connectivity index (χ4n) is 3.30.